The lowest BCUT2D eigenvalue weighted by atomic mass is 9.96. The van der Waals surface area contributed by atoms with Gasteiger partial charge in [-0.15, -0.1) is 0 Å². The summed E-state index contributed by atoms with van der Waals surface area (Å²) in [6.07, 6.45) is 6.07. The van der Waals surface area contributed by atoms with Gasteiger partial charge in [0.1, 0.15) is 0 Å². The molecule has 0 saturated carbocycles. The van der Waals surface area contributed by atoms with Crippen LogP contribution in [0.1, 0.15) is 30.4 Å². The van der Waals surface area contributed by atoms with Gasteiger partial charge in [0.25, 0.3) is 0 Å². The van der Waals surface area contributed by atoms with Gasteiger partial charge in [-0.3, -0.25) is 0 Å². The number of methoxy groups -OCH3 is 1. The summed E-state index contributed by atoms with van der Waals surface area (Å²) in [5.74, 6) is 1.86. The number of piperidine rings is 1. The number of benzene rings is 1. The minimum atomic E-state index is 0.629. The van der Waals surface area contributed by atoms with Gasteiger partial charge in [-0.25, -0.2) is 0 Å². The predicted molar refractivity (Wildman–Crippen MR) is 71.5 cm³/mol. The minimum Gasteiger partial charge on any atom is -0.493 e. The Hall–Kier alpha value is -1.22. The molecule has 1 N–H and O–H groups in total. The van der Waals surface area contributed by atoms with Crippen molar-refractivity contribution in [2.45, 2.75) is 38.1 Å². The molecule has 1 aromatic carbocycles. The monoisotopic (exact) mass is 247 g/mol. The Morgan fingerprint density at radius 1 is 1.39 bits per heavy atom. The van der Waals surface area contributed by atoms with E-state index in [4.69, 9.17) is 9.47 Å². The summed E-state index contributed by atoms with van der Waals surface area (Å²) in [6.45, 7) is 1.95. The van der Waals surface area contributed by atoms with Gasteiger partial charge in [0.15, 0.2) is 11.5 Å². The molecule has 2 heterocycles. The van der Waals surface area contributed by atoms with Crippen molar-refractivity contribution in [3.05, 3.63) is 23.3 Å². The van der Waals surface area contributed by atoms with Crippen molar-refractivity contribution in [1.82, 2.24) is 5.32 Å². The molecule has 3 rings (SSSR count). The Balaban J connectivity index is 1.79. The van der Waals surface area contributed by atoms with Crippen LogP contribution in [0.4, 0.5) is 0 Å². The topological polar surface area (TPSA) is 30.5 Å². The van der Waals surface area contributed by atoms with E-state index in [0.29, 0.717) is 6.04 Å². The van der Waals surface area contributed by atoms with Crippen LogP contribution >= 0.6 is 0 Å². The first-order chi connectivity index (χ1) is 8.86. The Kier molecular flexibility index (Phi) is 3.41. The molecule has 1 atom stereocenters. The van der Waals surface area contributed by atoms with Crippen LogP contribution in [-0.4, -0.2) is 26.3 Å². The van der Waals surface area contributed by atoms with Gasteiger partial charge in [0.05, 0.1) is 13.7 Å². The van der Waals surface area contributed by atoms with E-state index in [0.717, 1.165) is 37.5 Å². The van der Waals surface area contributed by atoms with Crippen LogP contribution in [0.15, 0.2) is 12.1 Å². The van der Waals surface area contributed by atoms with E-state index in [2.05, 4.69) is 17.4 Å². The molecule has 3 heteroatoms. The highest BCUT2D eigenvalue weighted by Gasteiger charge is 2.20. The fraction of sp³-hybridized carbons (Fsp3) is 0.600. The van der Waals surface area contributed by atoms with Crippen molar-refractivity contribution in [3.8, 4) is 11.5 Å². The second-order valence-corrected chi connectivity index (χ2v) is 5.24. The van der Waals surface area contributed by atoms with Gasteiger partial charge in [0.2, 0.25) is 0 Å². The number of rotatable bonds is 3. The molecular weight excluding hydrogens is 226 g/mol. The summed E-state index contributed by atoms with van der Waals surface area (Å²) in [4.78, 5) is 0. The molecular formula is C15H21NO2. The fourth-order valence-electron chi connectivity index (χ4n) is 2.99. The Morgan fingerprint density at radius 3 is 3.11 bits per heavy atom. The number of nitrogens with one attached hydrogen (secondary N) is 1. The first-order valence-electron chi connectivity index (χ1n) is 6.93. The molecule has 0 spiro atoms. The Bertz CT molecular complexity index is 425. The molecule has 2 aliphatic rings. The zero-order valence-corrected chi connectivity index (χ0v) is 11.0. The zero-order valence-electron chi connectivity index (χ0n) is 11.0. The summed E-state index contributed by atoms with van der Waals surface area (Å²) in [5.41, 5.74) is 2.68. The predicted octanol–water partition coefficient (Wildman–Crippen LogP) is 2.31. The lowest BCUT2D eigenvalue weighted by Crippen LogP contribution is -2.35. The van der Waals surface area contributed by atoms with Gasteiger partial charge < -0.3 is 14.8 Å². The number of hydrogen-bond acceptors (Lipinski definition) is 3. The van der Waals surface area contributed by atoms with Crippen LogP contribution in [0.25, 0.3) is 0 Å². The maximum atomic E-state index is 5.62. The molecule has 98 valence electrons. The minimum absolute atomic E-state index is 0.629. The lowest BCUT2D eigenvalue weighted by Gasteiger charge is -2.23. The standard InChI is InChI=1S/C15H21NO2/c1-17-14-10-11(8-12-5-7-18-15(12)14)9-13-4-2-3-6-16-13/h8,10,13,16H,2-7,9H2,1H3. The average molecular weight is 247 g/mol. The Morgan fingerprint density at radius 2 is 2.33 bits per heavy atom. The van der Waals surface area contributed by atoms with Gasteiger partial charge in [-0.2, -0.15) is 0 Å². The van der Waals surface area contributed by atoms with Gasteiger partial charge in [-0.1, -0.05) is 12.5 Å². The summed E-state index contributed by atoms with van der Waals surface area (Å²) >= 11 is 0. The molecule has 2 aliphatic heterocycles. The van der Waals surface area contributed by atoms with Crippen LogP contribution < -0.4 is 14.8 Å². The summed E-state index contributed by atoms with van der Waals surface area (Å²) in [7, 11) is 1.72. The van der Waals surface area contributed by atoms with Crippen LogP contribution in [0.3, 0.4) is 0 Å². The fourth-order valence-corrected chi connectivity index (χ4v) is 2.99. The van der Waals surface area contributed by atoms with Crippen molar-refractivity contribution >= 4 is 0 Å². The normalized spacial score (nSPS) is 22.4. The number of fused-ring (bicyclic) bond motifs is 1. The summed E-state index contributed by atoms with van der Waals surface area (Å²) in [6, 6.07) is 5.06. The third-order valence-corrected chi connectivity index (χ3v) is 3.92. The summed E-state index contributed by atoms with van der Waals surface area (Å²) < 4.78 is 11.1. The van der Waals surface area contributed by atoms with E-state index >= 15 is 0 Å². The van der Waals surface area contributed by atoms with E-state index in [1.54, 1.807) is 7.11 Å². The quantitative estimate of drug-likeness (QED) is 0.889. The molecule has 1 fully saturated rings. The maximum Gasteiger partial charge on any atom is 0.164 e. The molecule has 18 heavy (non-hydrogen) atoms. The molecule has 1 unspecified atom stereocenters. The molecule has 0 bridgehead atoms. The molecule has 3 nitrogen and oxygen atoms in total. The Labute approximate surface area is 108 Å². The van der Waals surface area contributed by atoms with Crippen LogP contribution in [0.5, 0.6) is 11.5 Å². The first kappa shape index (κ1) is 11.8. The van der Waals surface area contributed by atoms with Crippen molar-refractivity contribution in [2.24, 2.45) is 0 Å². The van der Waals surface area contributed by atoms with Crippen molar-refractivity contribution in [2.75, 3.05) is 20.3 Å². The SMILES string of the molecule is COc1cc(CC2CCCCN2)cc2c1OCC2. The van der Waals surface area contributed by atoms with Crippen LogP contribution in [-0.2, 0) is 12.8 Å². The molecule has 1 aromatic rings. The van der Waals surface area contributed by atoms with Gasteiger partial charge in [0, 0.05) is 18.0 Å². The van der Waals surface area contributed by atoms with Crippen molar-refractivity contribution in [1.29, 1.82) is 0 Å². The average Bonchev–Trinajstić information content (AvgIpc) is 2.87. The highest BCUT2D eigenvalue weighted by Crippen LogP contribution is 2.37. The van der Waals surface area contributed by atoms with Gasteiger partial charge >= 0.3 is 0 Å². The third kappa shape index (κ3) is 2.32. The second kappa shape index (κ2) is 5.19. The van der Waals surface area contributed by atoms with E-state index < -0.39 is 0 Å². The molecule has 0 radical (unpaired) electrons. The largest absolute Gasteiger partial charge is 0.493 e. The highest BCUT2D eigenvalue weighted by atomic mass is 16.5. The van der Waals surface area contributed by atoms with E-state index in [1.807, 2.05) is 0 Å². The molecule has 0 aliphatic carbocycles. The van der Waals surface area contributed by atoms with Crippen LogP contribution in [0.2, 0.25) is 0 Å². The second-order valence-electron chi connectivity index (χ2n) is 5.24. The third-order valence-electron chi connectivity index (χ3n) is 3.92. The van der Waals surface area contributed by atoms with Crippen LogP contribution in [0, 0.1) is 0 Å². The van der Waals surface area contributed by atoms with Crippen molar-refractivity contribution in [3.63, 3.8) is 0 Å². The van der Waals surface area contributed by atoms with E-state index in [-0.39, 0.29) is 0 Å². The maximum absolute atomic E-state index is 5.62. The van der Waals surface area contributed by atoms with Crippen molar-refractivity contribution < 1.29 is 9.47 Å². The number of hydrogen-bond donors (Lipinski definition) is 1. The molecule has 1 saturated heterocycles. The van der Waals surface area contributed by atoms with Gasteiger partial charge in [-0.05, 0) is 37.4 Å². The highest BCUT2D eigenvalue weighted by molar-refractivity contribution is 5.51. The number of ether oxygens (including phenoxy) is 2. The van der Waals surface area contributed by atoms with E-state index in [9.17, 15) is 0 Å². The van der Waals surface area contributed by atoms with E-state index in [1.165, 1.54) is 30.4 Å². The smallest absolute Gasteiger partial charge is 0.164 e. The summed E-state index contributed by atoms with van der Waals surface area (Å²) in [5, 5.41) is 3.60. The molecule has 0 aromatic heterocycles. The lowest BCUT2D eigenvalue weighted by molar-refractivity contribution is 0.325. The first-order valence-corrected chi connectivity index (χ1v) is 6.93. The molecule has 0 amide bonds. The zero-order chi connectivity index (χ0) is 12.4.